The summed E-state index contributed by atoms with van der Waals surface area (Å²) in [5.41, 5.74) is 0.440. The van der Waals surface area contributed by atoms with Gasteiger partial charge in [-0.3, -0.25) is 0 Å². The van der Waals surface area contributed by atoms with Crippen LogP contribution in [0.1, 0.15) is 31.2 Å². The zero-order chi connectivity index (χ0) is 14.8. The zero-order valence-electron chi connectivity index (χ0n) is 10.8. The Kier molecular flexibility index (Phi) is 4.62. The Bertz CT molecular complexity index is 457. The number of nitrogens with one attached hydrogen (secondary N) is 1. The van der Waals surface area contributed by atoms with Gasteiger partial charge in [-0.15, -0.1) is 0 Å². The first kappa shape index (κ1) is 15.2. The van der Waals surface area contributed by atoms with Gasteiger partial charge in [-0.25, -0.2) is 8.78 Å². The second-order valence-corrected chi connectivity index (χ2v) is 5.17. The first-order valence-corrected chi connectivity index (χ1v) is 6.62. The summed E-state index contributed by atoms with van der Waals surface area (Å²) < 4.78 is 64.4. The van der Waals surface area contributed by atoms with Crippen molar-refractivity contribution in [3.8, 4) is 0 Å². The molecule has 112 valence electrons. The Balaban J connectivity index is 1.99. The Morgan fingerprint density at radius 2 is 1.75 bits per heavy atom. The highest BCUT2D eigenvalue weighted by Gasteiger charge is 2.45. The van der Waals surface area contributed by atoms with Gasteiger partial charge in [-0.05, 0) is 30.5 Å². The third-order valence-electron chi connectivity index (χ3n) is 3.74. The maximum absolute atomic E-state index is 13.0. The lowest BCUT2D eigenvalue weighted by Crippen LogP contribution is -2.45. The van der Waals surface area contributed by atoms with Crippen molar-refractivity contribution >= 4 is 0 Å². The first-order valence-electron chi connectivity index (χ1n) is 6.62. The summed E-state index contributed by atoms with van der Waals surface area (Å²) in [6.45, 7) is 0.106. The average Bonchev–Trinajstić information content (AvgIpc) is 2.39. The summed E-state index contributed by atoms with van der Waals surface area (Å²) in [6.07, 6.45) is -2.31. The summed E-state index contributed by atoms with van der Waals surface area (Å²) in [7, 11) is 0. The van der Waals surface area contributed by atoms with E-state index in [9.17, 15) is 22.0 Å². The molecule has 1 saturated carbocycles. The van der Waals surface area contributed by atoms with Gasteiger partial charge in [0.25, 0.3) is 0 Å². The van der Waals surface area contributed by atoms with E-state index in [0.29, 0.717) is 18.4 Å². The molecule has 0 heterocycles. The van der Waals surface area contributed by atoms with Crippen molar-refractivity contribution in [2.45, 2.75) is 44.4 Å². The van der Waals surface area contributed by atoms with Crippen molar-refractivity contribution in [1.29, 1.82) is 0 Å². The van der Waals surface area contributed by atoms with Crippen molar-refractivity contribution in [2.24, 2.45) is 5.92 Å². The van der Waals surface area contributed by atoms with E-state index in [0.717, 1.165) is 18.6 Å². The molecule has 2 atom stereocenters. The molecule has 1 nitrogen and oxygen atoms in total. The van der Waals surface area contributed by atoms with Gasteiger partial charge < -0.3 is 5.32 Å². The molecular formula is C14H16F5N. The highest BCUT2D eigenvalue weighted by Crippen LogP contribution is 2.37. The molecule has 1 aromatic rings. The van der Waals surface area contributed by atoms with Crippen LogP contribution < -0.4 is 5.32 Å². The summed E-state index contributed by atoms with van der Waals surface area (Å²) in [5.74, 6) is -3.30. The Morgan fingerprint density at radius 1 is 1.05 bits per heavy atom. The molecule has 0 aromatic heterocycles. The highest BCUT2D eigenvalue weighted by atomic mass is 19.4. The van der Waals surface area contributed by atoms with Crippen LogP contribution in [0.15, 0.2) is 18.2 Å². The van der Waals surface area contributed by atoms with E-state index in [1.807, 2.05) is 0 Å². The van der Waals surface area contributed by atoms with Crippen molar-refractivity contribution < 1.29 is 22.0 Å². The molecule has 1 aliphatic rings. The molecule has 0 saturated heterocycles. The molecule has 0 aliphatic heterocycles. The molecule has 0 bridgehead atoms. The minimum Gasteiger partial charge on any atom is -0.309 e. The molecular weight excluding hydrogens is 277 g/mol. The van der Waals surface area contributed by atoms with Crippen LogP contribution in [0.3, 0.4) is 0 Å². The van der Waals surface area contributed by atoms with Gasteiger partial charge in [0.15, 0.2) is 11.6 Å². The molecule has 20 heavy (non-hydrogen) atoms. The van der Waals surface area contributed by atoms with Crippen LogP contribution >= 0.6 is 0 Å². The van der Waals surface area contributed by atoms with Gasteiger partial charge in [0.05, 0.1) is 5.92 Å². The van der Waals surface area contributed by atoms with Gasteiger partial charge in [0, 0.05) is 12.6 Å². The summed E-state index contributed by atoms with van der Waals surface area (Å²) in [5, 5.41) is 2.83. The maximum atomic E-state index is 13.0. The summed E-state index contributed by atoms with van der Waals surface area (Å²) in [4.78, 5) is 0. The largest absolute Gasteiger partial charge is 0.393 e. The number of alkyl halides is 3. The van der Waals surface area contributed by atoms with Crippen molar-refractivity contribution in [3.05, 3.63) is 35.4 Å². The molecule has 0 amide bonds. The summed E-state index contributed by atoms with van der Waals surface area (Å²) in [6, 6.07) is 2.70. The van der Waals surface area contributed by atoms with Crippen LogP contribution in [-0.4, -0.2) is 12.2 Å². The van der Waals surface area contributed by atoms with Crippen molar-refractivity contribution in [1.82, 2.24) is 5.32 Å². The second-order valence-electron chi connectivity index (χ2n) is 5.17. The predicted molar refractivity (Wildman–Crippen MR) is 65.0 cm³/mol. The van der Waals surface area contributed by atoms with Crippen LogP contribution in [-0.2, 0) is 6.54 Å². The smallest absolute Gasteiger partial charge is 0.309 e. The SMILES string of the molecule is Fc1ccc(CNC2CCCCC2C(F)(F)F)cc1F. The highest BCUT2D eigenvalue weighted by molar-refractivity contribution is 5.17. The van der Waals surface area contributed by atoms with E-state index in [1.54, 1.807) is 0 Å². The Labute approximate surface area is 114 Å². The van der Waals surface area contributed by atoms with E-state index in [1.165, 1.54) is 6.07 Å². The van der Waals surface area contributed by atoms with E-state index >= 15 is 0 Å². The quantitative estimate of drug-likeness (QED) is 0.825. The van der Waals surface area contributed by atoms with Crippen molar-refractivity contribution in [2.75, 3.05) is 0 Å². The molecule has 0 spiro atoms. The van der Waals surface area contributed by atoms with E-state index in [4.69, 9.17) is 0 Å². The van der Waals surface area contributed by atoms with Crippen LogP contribution in [0.25, 0.3) is 0 Å². The van der Waals surface area contributed by atoms with Crippen LogP contribution in [0.2, 0.25) is 0 Å². The minimum atomic E-state index is -4.22. The van der Waals surface area contributed by atoms with Gasteiger partial charge in [-0.1, -0.05) is 18.9 Å². The van der Waals surface area contributed by atoms with Gasteiger partial charge in [-0.2, -0.15) is 13.2 Å². The Morgan fingerprint density at radius 3 is 2.40 bits per heavy atom. The van der Waals surface area contributed by atoms with Crippen LogP contribution in [0.4, 0.5) is 22.0 Å². The van der Waals surface area contributed by atoms with Gasteiger partial charge in [0.1, 0.15) is 0 Å². The fraction of sp³-hybridized carbons (Fsp3) is 0.571. The lowest BCUT2D eigenvalue weighted by molar-refractivity contribution is -0.189. The second kappa shape index (κ2) is 6.08. The predicted octanol–water partition coefficient (Wildman–Crippen LogP) is 4.18. The van der Waals surface area contributed by atoms with Gasteiger partial charge in [0.2, 0.25) is 0 Å². The van der Waals surface area contributed by atoms with E-state index < -0.39 is 29.8 Å². The molecule has 2 rings (SSSR count). The monoisotopic (exact) mass is 293 g/mol. The fourth-order valence-electron chi connectivity index (χ4n) is 2.67. The fourth-order valence-corrected chi connectivity index (χ4v) is 2.67. The zero-order valence-corrected chi connectivity index (χ0v) is 10.8. The third-order valence-corrected chi connectivity index (χ3v) is 3.74. The molecule has 1 aromatic carbocycles. The number of benzene rings is 1. The van der Waals surface area contributed by atoms with E-state index in [-0.39, 0.29) is 13.0 Å². The summed E-state index contributed by atoms with van der Waals surface area (Å²) >= 11 is 0. The van der Waals surface area contributed by atoms with Gasteiger partial charge >= 0.3 is 6.18 Å². The lowest BCUT2D eigenvalue weighted by atomic mass is 9.84. The van der Waals surface area contributed by atoms with Crippen molar-refractivity contribution in [3.63, 3.8) is 0 Å². The van der Waals surface area contributed by atoms with Crippen LogP contribution in [0.5, 0.6) is 0 Å². The molecule has 2 unspecified atom stereocenters. The topological polar surface area (TPSA) is 12.0 Å². The minimum absolute atomic E-state index is 0.106. The van der Waals surface area contributed by atoms with Crippen LogP contribution in [0, 0.1) is 17.6 Å². The number of hydrogen-bond acceptors (Lipinski definition) is 1. The molecule has 1 N–H and O–H groups in total. The standard InChI is InChI=1S/C14H16F5N/c15-11-6-5-9(7-12(11)16)8-20-13-4-2-1-3-10(13)14(17,18)19/h5-7,10,13,20H,1-4,8H2. The number of halogens is 5. The molecule has 6 heteroatoms. The molecule has 1 fully saturated rings. The lowest BCUT2D eigenvalue weighted by Gasteiger charge is -2.33. The molecule has 1 aliphatic carbocycles. The maximum Gasteiger partial charge on any atom is 0.393 e. The first-order chi connectivity index (χ1) is 9.38. The Hall–Kier alpha value is -1.17. The number of hydrogen-bond donors (Lipinski definition) is 1. The van der Waals surface area contributed by atoms with E-state index in [2.05, 4.69) is 5.32 Å². The number of rotatable bonds is 3. The molecule has 0 radical (unpaired) electrons. The average molecular weight is 293 g/mol. The third kappa shape index (κ3) is 3.69. The normalized spacial score (nSPS) is 23.9.